The maximum Gasteiger partial charge on any atom is 0.295 e. The van der Waals surface area contributed by atoms with Crippen LogP contribution < -0.4 is 0 Å². The van der Waals surface area contributed by atoms with E-state index in [-0.39, 0.29) is 17.9 Å². The van der Waals surface area contributed by atoms with Crippen LogP contribution in [0.2, 0.25) is 5.02 Å². The van der Waals surface area contributed by atoms with Crippen LogP contribution in [0.3, 0.4) is 0 Å². The number of aliphatic hydroxyl groups excluding tert-OH is 1. The number of halogens is 1. The van der Waals surface area contributed by atoms with Gasteiger partial charge in [0.1, 0.15) is 5.76 Å². The lowest BCUT2D eigenvalue weighted by molar-refractivity contribution is -0.140. The lowest BCUT2D eigenvalue weighted by Gasteiger charge is -2.25. The molecule has 1 fully saturated rings. The zero-order valence-electron chi connectivity index (χ0n) is 15.5. The first kappa shape index (κ1) is 19.0. The first-order valence-electron chi connectivity index (χ1n) is 9.19. The molecular weight excluding hydrogens is 386 g/mol. The number of aliphatic hydroxyl groups is 1. The summed E-state index contributed by atoms with van der Waals surface area (Å²) in [6.07, 6.45) is 0. The van der Waals surface area contributed by atoms with Crippen molar-refractivity contribution < 1.29 is 14.7 Å². The van der Waals surface area contributed by atoms with Crippen LogP contribution in [0.4, 0.5) is 0 Å². The topological polar surface area (TPSA) is 57.6 Å². The highest BCUT2D eigenvalue weighted by Gasteiger charge is 2.46. The van der Waals surface area contributed by atoms with Crippen molar-refractivity contribution in [3.05, 3.63) is 112 Å². The third-order valence-electron chi connectivity index (χ3n) is 4.97. The molecule has 1 aliphatic rings. The molecular formula is C24H18ClNO3. The molecule has 1 aliphatic heterocycles. The molecule has 1 amide bonds. The molecule has 0 unspecified atom stereocenters. The van der Waals surface area contributed by atoms with Gasteiger partial charge in [-0.25, -0.2) is 0 Å². The van der Waals surface area contributed by atoms with Gasteiger partial charge in [-0.05, 0) is 23.3 Å². The molecule has 144 valence electrons. The number of ketones is 1. The molecule has 4 nitrogen and oxygen atoms in total. The lowest BCUT2D eigenvalue weighted by atomic mass is 9.95. The van der Waals surface area contributed by atoms with Crippen molar-refractivity contribution in [2.75, 3.05) is 0 Å². The summed E-state index contributed by atoms with van der Waals surface area (Å²) in [6.45, 7) is 0.254. The Balaban J connectivity index is 1.86. The SMILES string of the molecule is O=C1C(=O)N(Cc2ccccc2)[C@@H](c2ccc(Cl)cc2)C1=C(O)c1ccccc1. The van der Waals surface area contributed by atoms with Crippen LogP contribution in [0.1, 0.15) is 22.7 Å². The summed E-state index contributed by atoms with van der Waals surface area (Å²) >= 11 is 6.03. The minimum absolute atomic E-state index is 0.0828. The van der Waals surface area contributed by atoms with E-state index in [4.69, 9.17) is 11.6 Å². The normalized spacial score (nSPS) is 18.2. The summed E-state index contributed by atoms with van der Waals surface area (Å²) in [5, 5.41) is 11.5. The Morgan fingerprint density at radius 2 is 1.45 bits per heavy atom. The Kier molecular flexibility index (Phi) is 5.19. The van der Waals surface area contributed by atoms with E-state index >= 15 is 0 Å². The monoisotopic (exact) mass is 403 g/mol. The average molecular weight is 404 g/mol. The van der Waals surface area contributed by atoms with E-state index in [0.717, 1.165) is 5.56 Å². The molecule has 0 aliphatic carbocycles. The van der Waals surface area contributed by atoms with Gasteiger partial charge in [0.25, 0.3) is 11.7 Å². The summed E-state index contributed by atoms with van der Waals surface area (Å²) in [5.41, 5.74) is 2.18. The fourth-order valence-corrected chi connectivity index (χ4v) is 3.69. The molecule has 29 heavy (non-hydrogen) atoms. The van der Waals surface area contributed by atoms with Gasteiger partial charge in [-0.2, -0.15) is 0 Å². The second-order valence-corrected chi connectivity index (χ2v) is 7.27. The molecule has 0 bridgehead atoms. The molecule has 0 aromatic heterocycles. The second kappa shape index (κ2) is 7.94. The van der Waals surface area contributed by atoms with Crippen molar-refractivity contribution in [2.24, 2.45) is 0 Å². The predicted molar refractivity (Wildman–Crippen MR) is 112 cm³/mol. The zero-order chi connectivity index (χ0) is 20.4. The van der Waals surface area contributed by atoms with Gasteiger partial charge in [-0.15, -0.1) is 0 Å². The van der Waals surface area contributed by atoms with Crippen molar-refractivity contribution >= 4 is 29.1 Å². The largest absolute Gasteiger partial charge is 0.507 e. The van der Waals surface area contributed by atoms with E-state index in [1.165, 1.54) is 4.90 Å². The van der Waals surface area contributed by atoms with E-state index < -0.39 is 17.7 Å². The van der Waals surface area contributed by atoms with Crippen molar-refractivity contribution in [1.82, 2.24) is 4.90 Å². The molecule has 1 heterocycles. The summed E-state index contributed by atoms with van der Waals surface area (Å²) in [6, 6.07) is 24.5. The maximum atomic E-state index is 12.9. The number of benzene rings is 3. The molecule has 1 N–H and O–H groups in total. The molecule has 3 aromatic carbocycles. The van der Waals surface area contributed by atoms with Crippen LogP contribution in [-0.2, 0) is 16.1 Å². The van der Waals surface area contributed by atoms with E-state index in [9.17, 15) is 14.7 Å². The van der Waals surface area contributed by atoms with Crippen molar-refractivity contribution in [2.45, 2.75) is 12.6 Å². The predicted octanol–water partition coefficient (Wildman–Crippen LogP) is 4.96. The number of nitrogens with zero attached hydrogens (tertiary/aromatic N) is 1. The van der Waals surface area contributed by atoms with E-state index in [0.29, 0.717) is 16.1 Å². The Labute approximate surface area is 173 Å². The number of Topliss-reactive ketones (excluding diaryl/α,β-unsaturated/α-hetero) is 1. The third-order valence-corrected chi connectivity index (χ3v) is 5.22. The van der Waals surface area contributed by atoms with Crippen LogP contribution in [0.25, 0.3) is 5.76 Å². The summed E-state index contributed by atoms with van der Waals surface area (Å²) < 4.78 is 0. The molecule has 1 saturated heterocycles. The first-order valence-corrected chi connectivity index (χ1v) is 9.57. The number of hydrogen-bond donors (Lipinski definition) is 1. The highest BCUT2D eigenvalue weighted by Crippen LogP contribution is 2.40. The standard InChI is InChI=1S/C24H18ClNO3/c25-19-13-11-17(12-14-19)21-20(22(27)18-9-5-2-6-10-18)23(28)24(29)26(21)15-16-7-3-1-4-8-16/h1-14,21,27H,15H2/t21-/m0/s1. The van der Waals surface area contributed by atoms with Crippen molar-refractivity contribution in [3.63, 3.8) is 0 Å². The minimum atomic E-state index is -0.701. The van der Waals surface area contributed by atoms with Crippen molar-refractivity contribution in [3.8, 4) is 0 Å². The Morgan fingerprint density at radius 1 is 0.862 bits per heavy atom. The molecule has 0 spiro atoms. The second-order valence-electron chi connectivity index (χ2n) is 6.83. The van der Waals surface area contributed by atoms with E-state index in [2.05, 4.69) is 0 Å². The van der Waals surface area contributed by atoms with Crippen LogP contribution >= 0.6 is 11.6 Å². The number of amides is 1. The zero-order valence-corrected chi connectivity index (χ0v) is 16.2. The minimum Gasteiger partial charge on any atom is -0.507 e. The third kappa shape index (κ3) is 3.67. The summed E-state index contributed by atoms with van der Waals surface area (Å²) in [5.74, 6) is -1.51. The molecule has 4 rings (SSSR count). The fraction of sp³-hybridized carbons (Fsp3) is 0.0833. The van der Waals surface area contributed by atoms with Gasteiger partial charge in [0.2, 0.25) is 0 Å². The van der Waals surface area contributed by atoms with Crippen LogP contribution in [0, 0.1) is 0 Å². The van der Waals surface area contributed by atoms with Crippen LogP contribution in [0.15, 0.2) is 90.5 Å². The van der Waals surface area contributed by atoms with Gasteiger partial charge in [0.15, 0.2) is 0 Å². The lowest BCUT2D eigenvalue weighted by Crippen LogP contribution is -2.29. The average Bonchev–Trinajstić information content (AvgIpc) is 3.00. The van der Waals surface area contributed by atoms with E-state index in [1.807, 2.05) is 36.4 Å². The number of carbonyl (C=O) groups excluding carboxylic acids is 2. The molecule has 1 atom stereocenters. The van der Waals surface area contributed by atoms with Crippen LogP contribution in [-0.4, -0.2) is 21.7 Å². The smallest absolute Gasteiger partial charge is 0.295 e. The quantitative estimate of drug-likeness (QED) is 0.380. The number of likely N-dealkylation sites (tertiary alicyclic amines) is 1. The molecule has 3 aromatic rings. The highest BCUT2D eigenvalue weighted by molar-refractivity contribution is 6.46. The van der Waals surface area contributed by atoms with Gasteiger partial charge in [0.05, 0.1) is 11.6 Å². The van der Waals surface area contributed by atoms with Gasteiger partial charge in [0, 0.05) is 17.1 Å². The Bertz CT molecular complexity index is 1080. The molecule has 0 radical (unpaired) electrons. The number of carbonyl (C=O) groups is 2. The Hall–Kier alpha value is -3.37. The number of hydrogen-bond acceptors (Lipinski definition) is 3. The van der Waals surface area contributed by atoms with Gasteiger partial charge < -0.3 is 10.0 Å². The molecule has 0 saturated carbocycles. The van der Waals surface area contributed by atoms with Gasteiger partial charge >= 0.3 is 0 Å². The fourth-order valence-electron chi connectivity index (χ4n) is 3.57. The Morgan fingerprint density at radius 3 is 2.07 bits per heavy atom. The highest BCUT2D eigenvalue weighted by atomic mass is 35.5. The van der Waals surface area contributed by atoms with Gasteiger partial charge in [-0.1, -0.05) is 84.4 Å². The van der Waals surface area contributed by atoms with Crippen molar-refractivity contribution in [1.29, 1.82) is 0 Å². The molecule has 5 heteroatoms. The summed E-state index contributed by atoms with van der Waals surface area (Å²) in [4.78, 5) is 27.3. The van der Waals surface area contributed by atoms with E-state index in [1.54, 1.807) is 48.5 Å². The first-order chi connectivity index (χ1) is 14.1. The van der Waals surface area contributed by atoms with Gasteiger partial charge in [-0.3, -0.25) is 9.59 Å². The maximum absolute atomic E-state index is 12.9. The van der Waals surface area contributed by atoms with Crippen LogP contribution in [0.5, 0.6) is 0 Å². The summed E-state index contributed by atoms with van der Waals surface area (Å²) in [7, 11) is 0. The number of rotatable bonds is 4.